The molecule has 3 aromatic rings. The van der Waals surface area contributed by atoms with Gasteiger partial charge in [-0.25, -0.2) is 9.37 Å². The predicted molar refractivity (Wildman–Crippen MR) is 87.6 cm³/mol. The topological polar surface area (TPSA) is 92.3 Å². The minimum absolute atomic E-state index is 0.326. The summed E-state index contributed by atoms with van der Waals surface area (Å²) in [4.78, 5) is 21.6. The summed E-state index contributed by atoms with van der Waals surface area (Å²) in [5.74, 6) is -0.754. The van der Waals surface area contributed by atoms with Gasteiger partial charge in [0.1, 0.15) is 29.0 Å². The first-order valence-electron chi connectivity index (χ1n) is 7.97. The largest absolute Gasteiger partial charge is 0.481 e. The molecule has 0 radical (unpaired) electrons. The van der Waals surface area contributed by atoms with Gasteiger partial charge in [-0.1, -0.05) is 5.16 Å². The molecule has 0 atom stereocenters. The van der Waals surface area contributed by atoms with Gasteiger partial charge in [0.15, 0.2) is 0 Å². The zero-order chi connectivity index (χ0) is 17.4. The van der Waals surface area contributed by atoms with E-state index in [4.69, 9.17) is 9.63 Å². The molecule has 3 heterocycles. The number of piperidine rings is 1. The Labute approximate surface area is 142 Å². The highest BCUT2D eigenvalue weighted by Crippen LogP contribution is 2.34. The van der Waals surface area contributed by atoms with Crippen molar-refractivity contribution in [2.24, 2.45) is 5.92 Å². The van der Waals surface area contributed by atoms with Gasteiger partial charge >= 0.3 is 5.97 Å². The van der Waals surface area contributed by atoms with E-state index in [0.29, 0.717) is 54.1 Å². The van der Waals surface area contributed by atoms with Gasteiger partial charge < -0.3 is 14.5 Å². The highest BCUT2D eigenvalue weighted by atomic mass is 19.1. The molecule has 128 valence electrons. The van der Waals surface area contributed by atoms with Crippen LogP contribution in [0, 0.1) is 11.7 Å². The number of nitrogens with zero attached hydrogens (tertiary/aromatic N) is 4. The Balaban J connectivity index is 1.74. The van der Waals surface area contributed by atoms with E-state index in [1.165, 1.54) is 18.5 Å². The van der Waals surface area contributed by atoms with Gasteiger partial charge in [-0.2, -0.15) is 4.98 Å². The van der Waals surface area contributed by atoms with Gasteiger partial charge in [0, 0.05) is 18.7 Å². The first kappa shape index (κ1) is 15.5. The smallest absolute Gasteiger partial charge is 0.306 e. The molecule has 2 aromatic heterocycles. The second-order valence-electron chi connectivity index (χ2n) is 6.02. The van der Waals surface area contributed by atoms with Crippen molar-refractivity contribution in [2.45, 2.75) is 12.8 Å². The van der Waals surface area contributed by atoms with Gasteiger partial charge in [0.25, 0.3) is 5.71 Å². The molecular weight excluding hydrogens is 327 g/mol. The van der Waals surface area contributed by atoms with Gasteiger partial charge in [-0.15, -0.1) is 0 Å². The predicted octanol–water partition coefficient (Wildman–Crippen LogP) is 2.72. The number of aromatic nitrogens is 3. The maximum absolute atomic E-state index is 13.2. The van der Waals surface area contributed by atoms with E-state index in [2.05, 4.69) is 15.1 Å². The summed E-state index contributed by atoms with van der Waals surface area (Å²) < 4.78 is 18.5. The number of aliphatic carboxylic acids is 1. The molecule has 1 aliphatic rings. The van der Waals surface area contributed by atoms with E-state index in [9.17, 15) is 9.18 Å². The molecule has 4 rings (SSSR count). The van der Waals surface area contributed by atoms with E-state index in [0.717, 1.165) is 0 Å². The van der Waals surface area contributed by atoms with Crippen LogP contribution < -0.4 is 4.90 Å². The van der Waals surface area contributed by atoms with Crippen molar-refractivity contribution in [3.05, 3.63) is 36.4 Å². The van der Waals surface area contributed by atoms with Crippen LogP contribution in [0.4, 0.5) is 10.2 Å². The Morgan fingerprint density at radius 2 is 1.92 bits per heavy atom. The number of halogens is 1. The average Bonchev–Trinajstić information content (AvgIpc) is 3.07. The lowest BCUT2D eigenvalue weighted by Gasteiger charge is -2.31. The standard InChI is InChI=1S/C17H15FN4O3/c18-12-3-1-10(2-4-12)14-13-15(19-9-20-16(13)25-21-14)22-7-5-11(6-8-22)17(23)24/h1-4,9,11H,5-8H2,(H,23,24). The molecule has 0 amide bonds. The van der Waals surface area contributed by atoms with Crippen LogP contribution in [0.15, 0.2) is 35.1 Å². The summed E-state index contributed by atoms with van der Waals surface area (Å²) >= 11 is 0. The molecule has 0 unspecified atom stereocenters. The molecule has 0 saturated carbocycles. The van der Waals surface area contributed by atoms with Crippen LogP contribution in [0.25, 0.3) is 22.4 Å². The molecule has 1 N–H and O–H groups in total. The highest BCUT2D eigenvalue weighted by molar-refractivity contribution is 5.97. The lowest BCUT2D eigenvalue weighted by Crippen LogP contribution is -2.36. The second-order valence-corrected chi connectivity index (χ2v) is 6.02. The maximum atomic E-state index is 13.2. The fraction of sp³-hybridized carbons (Fsp3) is 0.294. The van der Waals surface area contributed by atoms with Crippen LogP contribution >= 0.6 is 0 Å². The van der Waals surface area contributed by atoms with Crippen molar-refractivity contribution in [2.75, 3.05) is 18.0 Å². The molecule has 1 aliphatic heterocycles. The van der Waals surface area contributed by atoms with Gasteiger partial charge in [0.05, 0.1) is 5.92 Å². The molecule has 0 spiro atoms. The number of rotatable bonds is 3. The van der Waals surface area contributed by atoms with Crippen molar-refractivity contribution in [1.29, 1.82) is 0 Å². The van der Waals surface area contributed by atoms with Crippen LogP contribution in [0.2, 0.25) is 0 Å². The zero-order valence-electron chi connectivity index (χ0n) is 13.2. The fourth-order valence-electron chi connectivity index (χ4n) is 3.15. The number of anilines is 1. The van der Waals surface area contributed by atoms with Crippen molar-refractivity contribution < 1.29 is 18.8 Å². The van der Waals surface area contributed by atoms with Crippen LogP contribution in [0.5, 0.6) is 0 Å². The number of fused-ring (bicyclic) bond motifs is 1. The zero-order valence-corrected chi connectivity index (χ0v) is 13.2. The van der Waals surface area contributed by atoms with Gasteiger partial charge in [-0.05, 0) is 37.1 Å². The summed E-state index contributed by atoms with van der Waals surface area (Å²) in [6.07, 6.45) is 2.51. The van der Waals surface area contributed by atoms with Crippen LogP contribution in [-0.2, 0) is 4.79 Å². The average molecular weight is 342 g/mol. The van der Waals surface area contributed by atoms with Gasteiger partial charge in [-0.3, -0.25) is 4.79 Å². The Kier molecular flexibility index (Phi) is 3.79. The minimum atomic E-state index is -0.760. The molecule has 8 heteroatoms. The Morgan fingerprint density at radius 1 is 1.20 bits per heavy atom. The maximum Gasteiger partial charge on any atom is 0.306 e. The van der Waals surface area contributed by atoms with Crippen LogP contribution in [-0.4, -0.2) is 39.3 Å². The number of hydrogen-bond donors (Lipinski definition) is 1. The van der Waals surface area contributed by atoms with E-state index < -0.39 is 5.97 Å². The molecule has 1 saturated heterocycles. The monoisotopic (exact) mass is 342 g/mol. The molecule has 0 bridgehead atoms. The van der Waals surface area contributed by atoms with Crippen LogP contribution in [0.3, 0.4) is 0 Å². The van der Waals surface area contributed by atoms with Gasteiger partial charge in [0.2, 0.25) is 0 Å². The Bertz CT molecular complexity index is 917. The van der Waals surface area contributed by atoms with Crippen molar-refractivity contribution in [3.8, 4) is 11.3 Å². The van der Waals surface area contributed by atoms with Crippen molar-refractivity contribution in [1.82, 2.24) is 15.1 Å². The number of carbonyl (C=O) groups is 1. The lowest BCUT2D eigenvalue weighted by molar-refractivity contribution is -0.142. The Hall–Kier alpha value is -3.03. The minimum Gasteiger partial charge on any atom is -0.481 e. The number of carboxylic acid groups (broad SMARTS) is 1. The molecule has 1 aromatic carbocycles. The third-order valence-corrected chi connectivity index (χ3v) is 4.51. The number of carboxylic acids is 1. The lowest BCUT2D eigenvalue weighted by atomic mass is 9.97. The first-order chi connectivity index (χ1) is 12.1. The van der Waals surface area contributed by atoms with E-state index in [-0.39, 0.29) is 11.7 Å². The molecule has 7 nitrogen and oxygen atoms in total. The Morgan fingerprint density at radius 3 is 2.60 bits per heavy atom. The summed E-state index contributed by atoms with van der Waals surface area (Å²) in [6.45, 7) is 1.16. The number of hydrogen-bond acceptors (Lipinski definition) is 6. The molecule has 1 fully saturated rings. The highest BCUT2D eigenvalue weighted by Gasteiger charge is 2.28. The first-order valence-corrected chi connectivity index (χ1v) is 7.97. The number of benzene rings is 1. The second kappa shape index (κ2) is 6.12. The van der Waals surface area contributed by atoms with E-state index in [1.807, 2.05) is 4.90 Å². The normalized spacial score (nSPS) is 15.6. The van der Waals surface area contributed by atoms with Crippen molar-refractivity contribution in [3.63, 3.8) is 0 Å². The SMILES string of the molecule is O=C(O)C1CCN(c2ncnc3onc(-c4ccc(F)cc4)c23)CC1. The summed E-state index contributed by atoms with van der Waals surface area (Å²) in [5, 5.41) is 13.9. The van der Waals surface area contributed by atoms with Crippen LogP contribution in [0.1, 0.15) is 12.8 Å². The summed E-state index contributed by atoms with van der Waals surface area (Å²) in [6, 6.07) is 5.97. The van der Waals surface area contributed by atoms with Crippen molar-refractivity contribution >= 4 is 22.9 Å². The van der Waals surface area contributed by atoms with E-state index in [1.54, 1.807) is 12.1 Å². The summed E-state index contributed by atoms with van der Waals surface area (Å²) in [7, 11) is 0. The summed E-state index contributed by atoms with van der Waals surface area (Å²) in [5.41, 5.74) is 1.60. The third kappa shape index (κ3) is 2.79. The molecule has 25 heavy (non-hydrogen) atoms. The third-order valence-electron chi connectivity index (χ3n) is 4.51. The molecule has 0 aliphatic carbocycles. The van der Waals surface area contributed by atoms with E-state index >= 15 is 0 Å². The quantitative estimate of drug-likeness (QED) is 0.782. The fourth-order valence-corrected chi connectivity index (χ4v) is 3.15. The molecular formula is C17H15FN4O3.